The van der Waals surface area contributed by atoms with E-state index in [4.69, 9.17) is 4.74 Å². The second kappa shape index (κ2) is 11.4. The van der Waals surface area contributed by atoms with E-state index in [1.165, 1.54) is 11.8 Å². The van der Waals surface area contributed by atoms with E-state index in [0.717, 1.165) is 51.0 Å². The number of carbonyl (C=O) groups is 2. The van der Waals surface area contributed by atoms with Gasteiger partial charge in [-0.2, -0.15) is 0 Å². The number of amides is 2. The molecule has 5 rings (SSSR count). The lowest BCUT2D eigenvalue weighted by Gasteiger charge is -2.39. The lowest BCUT2D eigenvalue weighted by molar-refractivity contribution is -0.139. The van der Waals surface area contributed by atoms with Crippen LogP contribution in [0.3, 0.4) is 0 Å². The van der Waals surface area contributed by atoms with Gasteiger partial charge in [-0.3, -0.25) is 4.79 Å². The van der Waals surface area contributed by atoms with Gasteiger partial charge in [-0.15, -0.1) is 0 Å². The summed E-state index contributed by atoms with van der Waals surface area (Å²) >= 11 is 0. The van der Waals surface area contributed by atoms with Crippen molar-refractivity contribution in [2.24, 2.45) is 11.3 Å². The molecule has 41 heavy (non-hydrogen) atoms. The van der Waals surface area contributed by atoms with Crippen LogP contribution in [0.1, 0.15) is 57.1 Å². The minimum atomic E-state index is -3.24. The average molecular weight is 582 g/mol. The summed E-state index contributed by atoms with van der Waals surface area (Å²) < 4.78 is 29.2. The van der Waals surface area contributed by atoms with E-state index in [1.807, 2.05) is 48.8 Å². The number of likely N-dealkylation sites (tertiary alicyclic amines) is 3. The molecule has 2 atom stereocenters. The smallest absolute Gasteiger partial charge is 0.410 e. The SMILES string of the molecule is CC(C)(C)OC(=O)N1CC(CN2CCC3(CC2)CCN(Cc2ccc(S(C)(=O)=O)cc2)C3=O)C(c2ccccc2)C1. The van der Waals surface area contributed by atoms with Crippen LogP contribution in [-0.4, -0.2) is 86.2 Å². The summed E-state index contributed by atoms with van der Waals surface area (Å²) in [5.74, 6) is 0.769. The minimum absolute atomic E-state index is 0.225. The first-order valence-electron chi connectivity index (χ1n) is 14.7. The molecule has 3 saturated heterocycles. The maximum absolute atomic E-state index is 13.6. The summed E-state index contributed by atoms with van der Waals surface area (Å²) in [4.78, 5) is 33.1. The van der Waals surface area contributed by atoms with Gasteiger partial charge in [-0.25, -0.2) is 13.2 Å². The van der Waals surface area contributed by atoms with Crippen LogP contribution in [0.25, 0.3) is 0 Å². The van der Waals surface area contributed by atoms with Gasteiger partial charge in [0.2, 0.25) is 5.91 Å². The summed E-state index contributed by atoms with van der Waals surface area (Å²) in [6.07, 6.45) is 3.50. The van der Waals surface area contributed by atoms with E-state index in [9.17, 15) is 18.0 Å². The Morgan fingerprint density at radius 2 is 1.59 bits per heavy atom. The standard InChI is InChI=1S/C32H43N3O5S/c1-31(2,3)40-30(37)35-22-26(28(23-35)25-8-6-5-7-9-25)21-33-17-14-32(15-18-33)16-19-34(29(32)36)20-24-10-12-27(13-11-24)41(4,38)39/h5-13,26,28H,14-23H2,1-4H3. The second-order valence-corrected chi connectivity index (χ2v) is 15.2. The van der Waals surface area contributed by atoms with Gasteiger partial charge in [0.1, 0.15) is 5.60 Å². The van der Waals surface area contributed by atoms with Crippen molar-refractivity contribution >= 4 is 21.8 Å². The van der Waals surface area contributed by atoms with Gasteiger partial charge in [0.15, 0.2) is 9.84 Å². The van der Waals surface area contributed by atoms with E-state index < -0.39 is 15.4 Å². The summed E-state index contributed by atoms with van der Waals surface area (Å²) in [6.45, 7) is 10.9. The molecule has 3 aliphatic heterocycles. The summed E-state index contributed by atoms with van der Waals surface area (Å²) in [7, 11) is -3.24. The Balaban J connectivity index is 1.19. The number of benzene rings is 2. The molecule has 1 spiro atoms. The van der Waals surface area contributed by atoms with E-state index in [0.29, 0.717) is 30.4 Å². The van der Waals surface area contributed by atoms with Crippen LogP contribution < -0.4 is 0 Å². The van der Waals surface area contributed by atoms with Gasteiger partial charge in [0, 0.05) is 44.9 Å². The van der Waals surface area contributed by atoms with Gasteiger partial charge >= 0.3 is 6.09 Å². The number of ether oxygens (including phenoxy) is 1. The molecule has 0 bridgehead atoms. The molecule has 2 aromatic rings. The van der Waals surface area contributed by atoms with Crippen molar-refractivity contribution in [1.82, 2.24) is 14.7 Å². The number of sulfone groups is 1. The maximum Gasteiger partial charge on any atom is 0.410 e. The second-order valence-electron chi connectivity index (χ2n) is 13.1. The van der Waals surface area contributed by atoms with E-state index >= 15 is 0 Å². The lowest BCUT2D eigenvalue weighted by Crippen LogP contribution is -2.46. The molecule has 0 N–H and O–H groups in total. The molecule has 2 unspecified atom stereocenters. The summed E-state index contributed by atoms with van der Waals surface area (Å²) in [5, 5.41) is 0. The highest BCUT2D eigenvalue weighted by molar-refractivity contribution is 7.90. The van der Waals surface area contributed by atoms with Crippen LogP contribution in [-0.2, 0) is 25.9 Å². The van der Waals surface area contributed by atoms with Gasteiger partial charge in [-0.05, 0) is 82.3 Å². The number of hydrogen-bond donors (Lipinski definition) is 0. The fourth-order valence-corrected chi connectivity index (χ4v) is 7.31. The van der Waals surface area contributed by atoms with Gasteiger partial charge < -0.3 is 19.4 Å². The van der Waals surface area contributed by atoms with Crippen molar-refractivity contribution in [3.05, 3.63) is 65.7 Å². The molecule has 3 fully saturated rings. The molecule has 8 nitrogen and oxygen atoms in total. The zero-order chi connectivity index (χ0) is 29.4. The van der Waals surface area contributed by atoms with Crippen LogP contribution >= 0.6 is 0 Å². The largest absolute Gasteiger partial charge is 0.444 e. The molecule has 0 saturated carbocycles. The van der Waals surface area contributed by atoms with Crippen LogP contribution in [0, 0.1) is 11.3 Å². The molecule has 0 aliphatic carbocycles. The van der Waals surface area contributed by atoms with Gasteiger partial charge in [-0.1, -0.05) is 42.5 Å². The third-order valence-corrected chi connectivity index (χ3v) is 10.1. The predicted octanol–water partition coefficient (Wildman–Crippen LogP) is 4.56. The van der Waals surface area contributed by atoms with Crippen molar-refractivity contribution in [2.75, 3.05) is 45.5 Å². The minimum Gasteiger partial charge on any atom is -0.444 e. The Bertz CT molecular complexity index is 1350. The van der Waals surface area contributed by atoms with Crippen molar-refractivity contribution in [2.45, 2.75) is 63.0 Å². The monoisotopic (exact) mass is 581 g/mol. The van der Waals surface area contributed by atoms with Crippen LogP contribution in [0.2, 0.25) is 0 Å². The zero-order valence-corrected chi connectivity index (χ0v) is 25.5. The number of nitrogens with zero attached hydrogens (tertiary/aromatic N) is 3. The van der Waals surface area contributed by atoms with Crippen LogP contribution in [0.5, 0.6) is 0 Å². The number of piperidine rings is 1. The average Bonchev–Trinajstić information content (AvgIpc) is 3.47. The molecule has 0 aromatic heterocycles. The Morgan fingerprint density at radius 1 is 0.951 bits per heavy atom. The van der Waals surface area contributed by atoms with Gasteiger partial charge in [0.05, 0.1) is 10.3 Å². The molecule has 3 aliphatic rings. The fraction of sp³-hybridized carbons (Fsp3) is 0.562. The highest BCUT2D eigenvalue weighted by Crippen LogP contribution is 2.43. The molecule has 2 amide bonds. The molecule has 0 radical (unpaired) electrons. The first-order chi connectivity index (χ1) is 19.3. The number of carbonyl (C=O) groups excluding carboxylic acids is 2. The topological polar surface area (TPSA) is 87.2 Å². The molecule has 3 heterocycles. The molecule has 9 heteroatoms. The first-order valence-corrected chi connectivity index (χ1v) is 16.6. The quantitative estimate of drug-likeness (QED) is 0.497. The summed E-state index contributed by atoms with van der Waals surface area (Å²) in [5.41, 5.74) is 1.37. The van der Waals surface area contributed by atoms with E-state index in [-0.39, 0.29) is 23.3 Å². The fourth-order valence-electron chi connectivity index (χ4n) is 6.68. The number of rotatable bonds is 6. The van der Waals surface area contributed by atoms with Gasteiger partial charge in [0.25, 0.3) is 0 Å². The zero-order valence-electron chi connectivity index (χ0n) is 24.7. The maximum atomic E-state index is 13.6. The first kappa shape index (κ1) is 29.6. The molecule has 2 aromatic carbocycles. The predicted molar refractivity (Wildman–Crippen MR) is 158 cm³/mol. The van der Waals surface area contributed by atoms with Crippen molar-refractivity contribution in [3.8, 4) is 0 Å². The highest BCUT2D eigenvalue weighted by Gasteiger charge is 2.48. The number of hydrogen-bond acceptors (Lipinski definition) is 6. The Labute approximate surface area is 244 Å². The van der Waals surface area contributed by atoms with E-state index in [2.05, 4.69) is 29.2 Å². The van der Waals surface area contributed by atoms with Crippen molar-refractivity contribution < 1.29 is 22.7 Å². The van der Waals surface area contributed by atoms with Crippen LogP contribution in [0.4, 0.5) is 4.79 Å². The van der Waals surface area contributed by atoms with Crippen LogP contribution in [0.15, 0.2) is 59.5 Å². The van der Waals surface area contributed by atoms with Crippen molar-refractivity contribution in [3.63, 3.8) is 0 Å². The molecule has 222 valence electrons. The lowest BCUT2D eigenvalue weighted by atomic mass is 9.76. The third-order valence-electron chi connectivity index (χ3n) is 8.95. The summed E-state index contributed by atoms with van der Waals surface area (Å²) in [6, 6.07) is 17.3. The molecular weight excluding hydrogens is 538 g/mol. The Morgan fingerprint density at radius 3 is 2.20 bits per heavy atom. The Kier molecular flexibility index (Phi) is 8.23. The normalized spacial score (nSPS) is 23.4. The molecular formula is C32H43N3O5S. The highest BCUT2D eigenvalue weighted by atomic mass is 32.2. The van der Waals surface area contributed by atoms with E-state index in [1.54, 1.807) is 12.1 Å². The van der Waals surface area contributed by atoms with Crippen molar-refractivity contribution in [1.29, 1.82) is 0 Å². The Hall–Kier alpha value is -2.91. The third kappa shape index (κ3) is 6.78.